The van der Waals surface area contributed by atoms with Gasteiger partial charge in [-0.25, -0.2) is 0 Å². The van der Waals surface area contributed by atoms with Crippen LogP contribution in [0.1, 0.15) is 279 Å². The maximum atomic E-state index is 12.8. The van der Waals surface area contributed by atoms with Gasteiger partial charge in [-0.1, -0.05) is 240 Å². The molecule has 0 aromatic heterocycles. The van der Waals surface area contributed by atoms with Gasteiger partial charge in [0.1, 0.15) is 13.2 Å². The second kappa shape index (κ2) is 44.0. The van der Waals surface area contributed by atoms with Crippen LogP contribution in [0.25, 0.3) is 0 Å². The Morgan fingerprint density at radius 1 is 0.368 bits per heavy atom. The average molecular weight is 807 g/mol. The molecule has 0 N–H and O–H groups in total. The molecule has 338 valence electrons. The van der Waals surface area contributed by atoms with Gasteiger partial charge in [-0.2, -0.15) is 0 Å². The topological polar surface area (TPSA) is 78.9 Å². The molecule has 0 aliphatic carbocycles. The minimum Gasteiger partial charge on any atom is -0.462 e. The Morgan fingerprint density at radius 2 is 0.667 bits per heavy atom. The van der Waals surface area contributed by atoms with E-state index in [0.717, 1.165) is 69.6 Å². The summed E-state index contributed by atoms with van der Waals surface area (Å²) in [6.45, 7) is 11.3. The number of rotatable bonds is 45. The molecule has 0 rings (SSSR count). The van der Waals surface area contributed by atoms with Gasteiger partial charge < -0.3 is 14.2 Å². The molecule has 0 amide bonds. The Morgan fingerprint density at radius 3 is 1.00 bits per heavy atom. The van der Waals surface area contributed by atoms with E-state index >= 15 is 0 Å². The highest BCUT2D eigenvalue weighted by Crippen LogP contribution is 2.17. The van der Waals surface area contributed by atoms with Crippen LogP contribution in [0.15, 0.2) is 0 Å². The zero-order valence-corrected chi connectivity index (χ0v) is 39.0. The van der Waals surface area contributed by atoms with E-state index in [0.29, 0.717) is 19.3 Å². The molecule has 0 aromatic rings. The van der Waals surface area contributed by atoms with Crippen molar-refractivity contribution in [1.29, 1.82) is 0 Å². The smallest absolute Gasteiger partial charge is 0.306 e. The molecule has 0 aromatic carbocycles. The standard InChI is InChI=1S/C51H98O6/c1-6-8-9-10-11-12-13-14-15-16-17-18-23-26-33-38-43-51(54)57-48(45-56-50(53)42-37-32-28-27-30-35-40-47(5)7-2)44-55-49(52)41-36-31-25-22-20-19-21-24-29-34-39-46(3)4/h46-48H,6-45H2,1-5H3/t47?,48-/m0/s1. The number of esters is 3. The average Bonchev–Trinajstić information content (AvgIpc) is 3.19. The fraction of sp³-hybridized carbons (Fsp3) is 0.941. The SMILES string of the molecule is CCCCCCCCCCCCCCCCCCC(=O)O[C@@H](COC(=O)CCCCCCCCCCCCC(C)C)COC(=O)CCCCCCCCC(C)CC. The molecule has 0 spiro atoms. The van der Waals surface area contributed by atoms with E-state index in [1.807, 2.05) is 0 Å². The number of hydrogen-bond acceptors (Lipinski definition) is 6. The minimum absolute atomic E-state index is 0.0649. The quantitative estimate of drug-likeness (QED) is 0.0346. The first-order chi connectivity index (χ1) is 27.8. The fourth-order valence-corrected chi connectivity index (χ4v) is 7.60. The summed E-state index contributed by atoms with van der Waals surface area (Å²) in [5, 5.41) is 0. The largest absolute Gasteiger partial charge is 0.462 e. The summed E-state index contributed by atoms with van der Waals surface area (Å²) in [4.78, 5) is 37.9. The van der Waals surface area contributed by atoms with Crippen LogP contribution >= 0.6 is 0 Å². The van der Waals surface area contributed by atoms with Crippen molar-refractivity contribution in [3.8, 4) is 0 Å². The lowest BCUT2D eigenvalue weighted by Gasteiger charge is -2.18. The lowest BCUT2D eigenvalue weighted by molar-refractivity contribution is -0.167. The number of carbonyl (C=O) groups is 3. The summed E-state index contributed by atoms with van der Waals surface area (Å²) in [5.74, 6) is 0.779. The molecule has 57 heavy (non-hydrogen) atoms. The van der Waals surface area contributed by atoms with Crippen molar-refractivity contribution in [2.75, 3.05) is 13.2 Å². The summed E-state index contributed by atoms with van der Waals surface area (Å²) >= 11 is 0. The monoisotopic (exact) mass is 807 g/mol. The van der Waals surface area contributed by atoms with Gasteiger partial charge in [-0.05, 0) is 31.1 Å². The van der Waals surface area contributed by atoms with Crippen molar-refractivity contribution in [2.45, 2.75) is 285 Å². The van der Waals surface area contributed by atoms with E-state index in [1.54, 1.807) is 0 Å². The van der Waals surface area contributed by atoms with Gasteiger partial charge in [0.15, 0.2) is 6.10 Å². The molecule has 2 atom stereocenters. The van der Waals surface area contributed by atoms with Gasteiger partial charge in [0, 0.05) is 19.3 Å². The van der Waals surface area contributed by atoms with Crippen LogP contribution in [0.5, 0.6) is 0 Å². The lowest BCUT2D eigenvalue weighted by Crippen LogP contribution is -2.30. The molecule has 0 aliphatic rings. The highest BCUT2D eigenvalue weighted by Gasteiger charge is 2.19. The molecule has 1 unspecified atom stereocenters. The maximum Gasteiger partial charge on any atom is 0.306 e. The Kier molecular flexibility index (Phi) is 42.7. The molecule has 0 fully saturated rings. The zero-order valence-electron chi connectivity index (χ0n) is 39.0. The molecule has 0 heterocycles. The first-order valence-corrected chi connectivity index (χ1v) is 25.3. The van der Waals surface area contributed by atoms with Crippen LogP contribution in [0.2, 0.25) is 0 Å². The Labute approximate surface area is 355 Å². The first kappa shape index (κ1) is 55.4. The van der Waals surface area contributed by atoms with Crippen molar-refractivity contribution in [3.05, 3.63) is 0 Å². The van der Waals surface area contributed by atoms with E-state index in [-0.39, 0.29) is 31.1 Å². The van der Waals surface area contributed by atoms with E-state index in [2.05, 4.69) is 34.6 Å². The normalized spacial score (nSPS) is 12.5. The van der Waals surface area contributed by atoms with Crippen molar-refractivity contribution >= 4 is 17.9 Å². The molecule has 0 radical (unpaired) electrons. The van der Waals surface area contributed by atoms with Gasteiger partial charge in [-0.15, -0.1) is 0 Å². The van der Waals surface area contributed by atoms with E-state index < -0.39 is 6.10 Å². The van der Waals surface area contributed by atoms with Crippen LogP contribution in [0.3, 0.4) is 0 Å². The van der Waals surface area contributed by atoms with Crippen molar-refractivity contribution in [2.24, 2.45) is 11.8 Å². The number of carbonyl (C=O) groups excluding carboxylic acids is 3. The molecule has 6 nitrogen and oxygen atoms in total. The first-order valence-electron chi connectivity index (χ1n) is 25.3. The third kappa shape index (κ3) is 43.8. The van der Waals surface area contributed by atoms with E-state index in [4.69, 9.17) is 14.2 Å². The molecule has 0 aliphatic heterocycles. The predicted molar refractivity (Wildman–Crippen MR) is 243 cm³/mol. The second-order valence-electron chi connectivity index (χ2n) is 18.2. The van der Waals surface area contributed by atoms with Crippen LogP contribution in [0.4, 0.5) is 0 Å². The highest BCUT2D eigenvalue weighted by molar-refractivity contribution is 5.71. The molecule has 6 heteroatoms. The van der Waals surface area contributed by atoms with Gasteiger partial charge in [0.2, 0.25) is 0 Å². The third-order valence-corrected chi connectivity index (χ3v) is 11.8. The summed E-state index contributed by atoms with van der Waals surface area (Å²) < 4.78 is 16.8. The van der Waals surface area contributed by atoms with Crippen LogP contribution in [-0.4, -0.2) is 37.2 Å². The Hall–Kier alpha value is -1.59. The van der Waals surface area contributed by atoms with E-state index in [1.165, 1.54) is 167 Å². The molecule has 0 saturated heterocycles. The number of unbranched alkanes of at least 4 members (excludes halogenated alkanes) is 29. The summed E-state index contributed by atoms with van der Waals surface area (Å²) in [6.07, 6.45) is 43.8. The van der Waals surface area contributed by atoms with Crippen molar-refractivity contribution < 1.29 is 28.6 Å². The molecule has 0 bridgehead atoms. The number of hydrogen-bond donors (Lipinski definition) is 0. The summed E-state index contributed by atoms with van der Waals surface area (Å²) in [5.41, 5.74) is 0. The van der Waals surface area contributed by atoms with Crippen molar-refractivity contribution in [1.82, 2.24) is 0 Å². The molecule has 0 saturated carbocycles. The van der Waals surface area contributed by atoms with Crippen LogP contribution in [0, 0.1) is 11.8 Å². The van der Waals surface area contributed by atoms with Gasteiger partial charge in [0.05, 0.1) is 0 Å². The van der Waals surface area contributed by atoms with E-state index in [9.17, 15) is 14.4 Å². The Bertz CT molecular complexity index is 872. The maximum absolute atomic E-state index is 12.8. The van der Waals surface area contributed by atoms with Crippen molar-refractivity contribution in [3.63, 3.8) is 0 Å². The third-order valence-electron chi connectivity index (χ3n) is 11.8. The van der Waals surface area contributed by atoms with Crippen LogP contribution in [-0.2, 0) is 28.6 Å². The van der Waals surface area contributed by atoms with Gasteiger partial charge >= 0.3 is 17.9 Å². The van der Waals surface area contributed by atoms with Crippen LogP contribution < -0.4 is 0 Å². The van der Waals surface area contributed by atoms with Gasteiger partial charge in [0.25, 0.3) is 0 Å². The Balaban J connectivity index is 4.31. The zero-order chi connectivity index (χ0) is 41.9. The predicted octanol–water partition coefficient (Wildman–Crippen LogP) is 16.1. The highest BCUT2D eigenvalue weighted by atomic mass is 16.6. The fourth-order valence-electron chi connectivity index (χ4n) is 7.60. The minimum atomic E-state index is -0.762. The summed E-state index contributed by atoms with van der Waals surface area (Å²) in [6, 6.07) is 0. The molecular weight excluding hydrogens is 709 g/mol. The summed E-state index contributed by atoms with van der Waals surface area (Å²) in [7, 11) is 0. The van der Waals surface area contributed by atoms with Gasteiger partial charge in [-0.3, -0.25) is 14.4 Å². The second-order valence-corrected chi connectivity index (χ2v) is 18.2. The lowest BCUT2D eigenvalue weighted by atomic mass is 10.00. The number of ether oxygens (including phenoxy) is 3. The molecular formula is C51H98O6.